The van der Waals surface area contributed by atoms with Gasteiger partial charge < -0.3 is 4.57 Å². The average Bonchev–Trinajstić information content (AvgIpc) is 3.12. The summed E-state index contributed by atoms with van der Waals surface area (Å²) in [5.74, 6) is 0. The minimum absolute atomic E-state index is 0.619. The van der Waals surface area contributed by atoms with E-state index in [0.717, 1.165) is 30.1 Å². The average molecular weight is 422 g/mol. The van der Waals surface area contributed by atoms with E-state index in [9.17, 15) is 0 Å². The second-order valence-electron chi connectivity index (χ2n) is 7.78. The SMILES string of the molecule is C=C(CCn1c(=C)ccc1=C)Cc1ccccc1P(c1ccccc1)c1ccccc1. The normalized spacial score (nSPS) is 11.0. The van der Waals surface area contributed by atoms with Gasteiger partial charge in [-0.3, -0.25) is 0 Å². The third-order valence-corrected chi connectivity index (χ3v) is 8.10. The van der Waals surface area contributed by atoms with Crippen molar-refractivity contribution in [3.63, 3.8) is 0 Å². The molecule has 0 saturated heterocycles. The van der Waals surface area contributed by atoms with Crippen LogP contribution in [0.1, 0.15) is 12.0 Å². The predicted octanol–water partition coefficient (Wildman–Crippen LogP) is 4.26. The highest BCUT2D eigenvalue weighted by Gasteiger charge is 2.19. The molecule has 31 heavy (non-hydrogen) atoms. The topological polar surface area (TPSA) is 4.93 Å². The largest absolute Gasteiger partial charge is 0.342 e. The molecule has 0 aliphatic carbocycles. The van der Waals surface area contributed by atoms with E-state index < -0.39 is 7.92 Å². The van der Waals surface area contributed by atoms with Gasteiger partial charge in [0.05, 0.1) is 0 Å². The van der Waals surface area contributed by atoms with Gasteiger partial charge in [-0.2, -0.15) is 0 Å². The van der Waals surface area contributed by atoms with Crippen LogP contribution in [0, 0.1) is 0 Å². The summed E-state index contributed by atoms with van der Waals surface area (Å²) in [6, 6.07) is 34.6. The number of nitrogens with zero attached hydrogens (tertiary/aromatic N) is 1. The lowest BCUT2D eigenvalue weighted by Crippen LogP contribution is -2.25. The Kier molecular flexibility index (Phi) is 6.65. The minimum Gasteiger partial charge on any atom is -0.342 e. The van der Waals surface area contributed by atoms with E-state index in [-0.39, 0.29) is 0 Å². The first kappa shape index (κ1) is 21.1. The zero-order valence-electron chi connectivity index (χ0n) is 17.9. The number of benzene rings is 3. The molecule has 3 aromatic carbocycles. The fourth-order valence-electron chi connectivity index (χ4n) is 3.93. The van der Waals surface area contributed by atoms with Gasteiger partial charge in [-0.05, 0) is 54.4 Å². The number of hydrogen-bond donors (Lipinski definition) is 0. The summed E-state index contributed by atoms with van der Waals surface area (Å²) in [5, 5.41) is 6.17. The molecule has 4 rings (SSSR count). The first-order valence-corrected chi connectivity index (χ1v) is 12.0. The second kappa shape index (κ2) is 9.77. The maximum Gasteiger partial charge on any atom is 0.0338 e. The predicted molar refractivity (Wildman–Crippen MR) is 137 cm³/mol. The third kappa shape index (κ3) is 4.95. The van der Waals surface area contributed by atoms with Gasteiger partial charge in [-0.1, -0.05) is 110 Å². The Morgan fingerprint density at radius 1 is 0.677 bits per heavy atom. The van der Waals surface area contributed by atoms with Crippen molar-refractivity contribution in [2.75, 3.05) is 0 Å². The highest BCUT2D eigenvalue weighted by molar-refractivity contribution is 7.79. The molecule has 0 amide bonds. The van der Waals surface area contributed by atoms with E-state index >= 15 is 0 Å². The standard InChI is InChI=1S/C29H28NP/c1-23(20-21-30-24(2)18-19-25(30)3)22-26-12-10-11-17-29(26)31(27-13-6-4-7-14-27)28-15-8-5-9-16-28/h4-19H,1-3,20-22H2. The molecule has 0 bridgehead atoms. The monoisotopic (exact) mass is 421 g/mol. The molecule has 2 heteroatoms. The Balaban J connectivity index is 1.62. The van der Waals surface area contributed by atoms with Crippen LogP contribution >= 0.6 is 7.92 Å². The highest BCUT2D eigenvalue weighted by atomic mass is 31.1. The Morgan fingerprint density at radius 3 is 1.77 bits per heavy atom. The van der Waals surface area contributed by atoms with Gasteiger partial charge in [0.2, 0.25) is 0 Å². The first-order chi connectivity index (χ1) is 15.1. The molecule has 0 aliphatic rings. The quantitative estimate of drug-likeness (QED) is 0.296. The van der Waals surface area contributed by atoms with Gasteiger partial charge in [-0.15, -0.1) is 0 Å². The van der Waals surface area contributed by atoms with E-state index in [1.54, 1.807) is 0 Å². The van der Waals surface area contributed by atoms with Crippen molar-refractivity contribution in [1.29, 1.82) is 0 Å². The van der Waals surface area contributed by atoms with Crippen molar-refractivity contribution in [2.45, 2.75) is 19.4 Å². The van der Waals surface area contributed by atoms with Crippen LogP contribution in [0.25, 0.3) is 13.2 Å². The summed E-state index contributed by atoms with van der Waals surface area (Å²) < 4.78 is 2.16. The summed E-state index contributed by atoms with van der Waals surface area (Å²) in [4.78, 5) is 0. The summed E-state index contributed by atoms with van der Waals surface area (Å²) in [6.07, 6.45) is 1.80. The van der Waals surface area contributed by atoms with Gasteiger partial charge in [0.25, 0.3) is 0 Å². The van der Waals surface area contributed by atoms with Gasteiger partial charge in [-0.25, -0.2) is 0 Å². The van der Waals surface area contributed by atoms with E-state index in [2.05, 4.69) is 109 Å². The van der Waals surface area contributed by atoms with Crippen LogP contribution in [0.3, 0.4) is 0 Å². The number of hydrogen-bond acceptors (Lipinski definition) is 0. The lowest BCUT2D eigenvalue weighted by atomic mass is 10.0. The molecule has 1 nitrogen and oxygen atoms in total. The molecule has 1 aromatic heterocycles. The fraction of sp³-hybridized carbons (Fsp3) is 0.103. The molecule has 0 radical (unpaired) electrons. The first-order valence-electron chi connectivity index (χ1n) is 10.6. The van der Waals surface area contributed by atoms with Crippen LogP contribution in [0.2, 0.25) is 0 Å². The zero-order valence-corrected chi connectivity index (χ0v) is 18.8. The van der Waals surface area contributed by atoms with Crippen molar-refractivity contribution in [1.82, 2.24) is 4.57 Å². The van der Waals surface area contributed by atoms with Crippen molar-refractivity contribution >= 4 is 37.0 Å². The second-order valence-corrected chi connectivity index (χ2v) is 9.97. The van der Waals surface area contributed by atoms with Gasteiger partial charge in [0.1, 0.15) is 0 Å². The van der Waals surface area contributed by atoms with E-state index in [1.165, 1.54) is 27.1 Å². The Morgan fingerprint density at radius 2 is 1.19 bits per heavy atom. The van der Waals surface area contributed by atoms with Gasteiger partial charge in [0.15, 0.2) is 0 Å². The van der Waals surface area contributed by atoms with Crippen molar-refractivity contribution in [3.8, 4) is 0 Å². The number of allylic oxidation sites excluding steroid dienone is 1. The van der Waals surface area contributed by atoms with E-state index in [4.69, 9.17) is 0 Å². The molecule has 0 unspecified atom stereocenters. The highest BCUT2D eigenvalue weighted by Crippen LogP contribution is 2.34. The fourth-order valence-corrected chi connectivity index (χ4v) is 6.40. The third-order valence-electron chi connectivity index (χ3n) is 5.55. The summed E-state index contributed by atoms with van der Waals surface area (Å²) in [5.41, 5.74) is 2.60. The zero-order chi connectivity index (χ0) is 21.6. The lowest BCUT2D eigenvalue weighted by molar-refractivity contribution is 0.659. The van der Waals surface area contributed by atoms with Crippen molar-refractivity contribution in [3.05, 3.63) is 125 Å². The Bertz CT molecular complexity index is 1190. The maximum absolute atomic E-state index is 4.41. The Hall–Kier alpha value is -3.15. The molecule has 0 fully saturated rings. The molecule has 0 atom stereocenters. The van der Waals surface area contributed by atoms with Gasteiger partial charge in [0, 0.05) is 17.2 Å². The van der Waals surface area contributed by atoms with E-state index in [0.29, 0.717) is 0 Å². The van der Waals surface area contributed by atoms with Crippen LogP contribution in [-0.2, 0) is 13.0 Å². The van der Waals surface area contributed by atoms with Crippen LogP contribution in [-0.4, -0.2) is 4.57 Å². The number of aromatic nitrogens is 1. The van der Waals surface area contributed by atoms with Crippen LogP contribution < -0.4 is 26.6 Å². The molecule has 0 aliphatic heterocycles. The number of rotatable bonds is 8. The smallest absolute Gasteiger partial charge is 0.0338 e. The van der Waals surface area contributed by atoms with Crippen LogP contribution in [0.5, 0.6) is 0 Å². The summed E-state index contributed by atoms with van der Waals surface area (Å²) >= 11 is 0. The molecular formula is C29H28NP. The molecule has 0 N–H and O–H groups in total. The van der Waals surface area contributed by atoms with Crippen molar-refractivity contribution in [2.24, 2.45) is 0 Å². The Labute approximate surface area is 186 Å². The molecule has 0 saturated carbocycles. The van der Waals surface area contributed by atoms with Gasteiger partial charge >= 0.3 is 0 Å². The molecular weight excluding hydrogens is 393 g/mol. The van der Waals surface area contributed by atoms with Crippen LogP contribution in [0.4, 0.5) is 0 Å². The maximum atomic E-state index is 4.41. The molecule has 0 spiro atoms. The molecule has 4 aromatic rings. The molecule has 154 valence electrons. The van der Waals surface area contributed by atoms with Crippen LogP contribution in [0.15, 0.2) is 109 Å². The summed E-state index contributed by atoms with van der Waals surface area (Å²) in [6.45, 7) is 13.5. The van der Waals surface area contributed by atoms with E-state index in [1.807, 2.05) is 12.1 Å². The summed E-state index contributed by atoms with van der Waals surface area (Å²) in [7, 11) is -0.619. The lowest BCUT2D eigenvalue weighted by Gasteiger charge is -2.22. The minimum atomic E-state index is -0.619. The molecule has 1 heterocycles. The van der Waals surface area contributed by atoms with Crippen molar-refractivity contribution < 1.29 is 0 Å².